The number of piperidine rings is 1. The molecule has 2 aliphatic heterocycles. The van der Waals surface area contributed by atoms with Crippen LogP contribution in [0.2, 0.25) is 0 Å². The fourth-order valence-corrected chi connectivity index (χ4v) is 3.23. The molecule has 2 heterocycles. The van der Waals surface area contributed by atoms with Crippen LogP contribution < -0.4 is 10.1 Å². The minimum atomic E-state index is -0.567. The quantitative estimate of drug-likeness (QED) is 0.900. The Hall–Kier alpha value is -1.59. The van der Waals surface area contributed by atoms with Crippen LogP contribution in [0.4, 0.5) is 0 Å². The van der Waals surface area contributed by atoms with Gasteiger partial charge in [0.2, 0.25) is 5.91 Å². The molecular weight excluding hydrogens is 292 g/mol. The van der Waals surface area contributed by atoms with Crippen LogP contribution in [0.25, 0.3) is 0 Å². The minimum absolute atomic E-state index is 0.185. The molecule has 0 aliphatic carbocycles. The summed E-state index contributed by atoms with van der Waals surface area (Å²) in [5.41, 5.74) is -0.567. The summed E-state index contributed by atoms with van der Waals surface area (Å²) < 4.78 is 11.9. The summed E-state index contributed by atoms with van der Waals surface area (Å²) >= 11 is 0. The number of hydrogen-bond acceptors (Lipinski definition) is 4. The van der Waals surface area contributed by atoms with E-state index in [1.807, 2.05) is 35.2 Å². The second-order valence-corrected chi connectivity index (χ2v) is 6.43. The molecule has 3 rings (SSSR count). The number of morpholine rings is 1. The van der Waals surface area contributed by atoms with E-state index in [2.05, 4.69) is 5.32 Å². The number of rotatable bonds is 5. The Morgan fingerprint density at radius 1 is 1.22 bits per heavy atom. The molecule has 1 amide bonds. The van der Waals surface area contributed by atoms with E-state index in [1.165, 1.54) is 6.42 Å². The van der Waals surface area contributed by atoms with Gasteiger partial charge in [-0.2, -0.15) is 0 Å². The van der Waals surface area contributed by atoms with Gasteiger partial charge in [-0.3, -0.25) is 4.79 Å². The van der Waals surface area contributed by atoms with Crippen LogP contribution in [-0.4, -0.2) is 55.8 Å². The van der Waals surface area contributed by atoms with Crippen molar-refractivity contribution in [3.05, 3.63) is 30.3 Å². The van der Waals surface area contributed by atoms with Gasteiger partial charge in [0.25, 0.3) is 0 Å². The number of likely N-dealkylation sites (tertiary alicyclic amines) is 1. The third-order valence-corrected chi connectivity index (χ3v) is 4.56. The van der Waals surface area contributed by atoms with E-state index in [0.29, 0.717) is 26.2 Å². The molecule has 5 nitrogen and oxygen atoms in total. The number of benzene rings is 1. The Labute approximate surface area is 137 Å². The molecule has 5 heteroatoms. The first-order valence-electron chi connectivity index (χ1n) is 8.58. The second kappa shape index (κ2) is 7.79. The Balaban J connectivity index is 1.62. The predicted molar refractivity (Wildman–Crippen MR) is 88.5 cm³/mol. The van der Waals surface area contributed by atoms with E-state index in [4.69, 9.17) is 9.47 Å². The van der Waals surface area contributed by atoms with E-state index >= 15 is 0 Å². The summed E-state index contributed by atoms with van der Waals surface area (Å²) in [5, 5.41) is 3.34. The number of hydrogen-bond donors (Lipinski definition) is 1. The smallest absolute Gasteiger partial charge is 0.225 e. The molecule has 23 heavy (non-hydrogen) atoms. The lowest BCUT2D eigenvalue weighted by molar-refractivity contribution is -0.146. The largest absolute Gasteiger partial charge is 0.491 e. The third kappa shape index (κ3) is 4.45. The van der Waals surface area contributed by atoms with E-state index in [9.17, 15) is 4.79 Å². The van der Waals surface area contributed by atoms with Crippen LogP contribution >= 0.6 is 0 Å². The summed E-state index contributed by atoms with van der Waals surface area (Å²) in [4.78, 5) is 14.6. The first kappa shape index (κ1) is 16.3. The van der Waals surface area contributed by atoms with Crippen LogP contribution in [0.3, 0.4) is 0 Å². The first-order chi connectivity index (χ1) is 11.3. The van der Waals surface area contributed by atoms with Crippen molar-refractivity contribution in [1.82, 2.24) is 10.2 Å². The monoisotopic (exact) mass is 318 g/mol. The lowest BCUT2D eigenvalue weighted by atomic mass is 9.97. The Kier molecular flexibility index (Phi) is 5.51. The summed E-state index contributed by atoms with van der Waals surface area (Å²) in [7, 11) is 0. The zero-order valence-corrected chi connectivity index (χ0v) is 13.6. The molecule has 1 N–H and O–H groups in total. The minimum Gasteiger partial charge on any atom is -0.491 e. The number of nitrogens with zero attached hydrogens (tertiary/aromatic N) is 1. The Morgan fingerprint density at radius 3 is 2.70 bits per heavy atom. The number of carbonyl (C=O) groups is 1. The highest BCUT2D eigenvalue weighted by molar-refractivity contribution is 5.77. The van der Waals surface area contributed by atoms with Crippen molar-refractivity contribution in [3.8, 4) is 5.75 Å². The first-order valence-corrected chi connectivity index (χ1v) is 8.58. The van der Waals surface area contributed by atoms with Gasteiger partial charge in [0, 0.05) is 26.2 Å². The highest BCUT2D eigenvalue weighted by Crippen LogP contribution is 2.23. The molecule has 0 radical (unpaired) electrons. The van der Waals surface area contributed by atoms with E-state index in [0.717, 1.165) is 38.2 Å². The molecule has 0 aromatic heterocycles. The van der Waals surface area contributed by atoms with Crippen molar-refractivity contribution >= 4 is 5.91 Å². The van der Waals surface area contributed by atoms with Gasteiger partial charge in [-0.25, -0.2) is 0 Å². The molecule has 2 saturated heterocycles. The third-order valence-electron chi connectivity index (χ3n) is 4.56. The van der Waals surface area contributed by atoms with E-state index < -0.39 is 5.60 Å². The number of para-hydroxylation sites is 1. The van der Waals surface area contributed by atoms with E-state index in [1.54, 1.807) is 0 Å². The summed E-state index contributed by atoms with van der Waals surface area (Å²) in [6.07, 6.45) is 3.83. The van der Waals surface area contributed by atoms with Crippen molar-refractivity contribution in [2.45, 2.75) is 31.3 Å². The van der Waals surface area contributed by atoms with Crippen LogP contribution in [0.1, 0.15) is 25.7 Å². The maximum absolute atomic E-state index is 12.6. The van der Waals surface area contributed by atoms with Crippen LogP contribution in [0.5, 0.6) is 5.75 Å². The standard InChI is InChI=1S/C18H26N2O3/c21-17(20-10-5-2-6-11-20)13-18(14-19-9-12-23-18)15-22-16-7-3-1-4-8-16/h1,3-4,7-8,19H,2,5-6,9-15H2/t18-/m0/s1. The van der Waals surface area contributed by atoms with Gasteiger partial charge in [-0.05, 0) is 31.4 Å². The van der Waals surface area contributed by atoms with Gasteiger partial charge in [0.1, 0.15) is 18.0 Å². The zero-order valence-electron chi connectivity index (χ0n) is 13.6. The topological polar surface area (TPSA) is 50.8 Å². The predicted octanol–water partition coefficient (Wildman–Crippen LogP) is 1.83. The zero-order chi connectivity index (χ0) is 16.0. The van der Waals surface area contributed by atoms with E-state index in [-0.39, 0.29) is 5.91 Å². The lowest BCUT2D eigenvalue weighted by Crippen LogP contribution is -2.56. The second-order valence-electron chi connectivity index (χ2n) is 6.43. The Bertz CT molecular complexity index is 494. The molecular formula is C18H26N2O3. The number of carbonyl (C=O) groups excluding carboxylic acids is 1. The van der Waals surface area contributed by atoms with Crippen molar-refractivity contribution in [1.29, 1.82) is 0 Å². The van der Waals surface area contributed by atoms with Gasteiger partial charge in [0.05, 0.1) is 13.0 Å². The van der Waals surface area contributed by atoms with Crippen molar-refractivity contribution in [2.24, 2.45) is 0 Å². The van der Waals surface area contributed by atoms with Crippen LogP contribution in [0.15, 0.2) is 30.3 Å². The van der Waals surface area contributed by atoms with Gasteiger partial charge in [-0.1, -0.05) is 18.2 Å². The molecule has 1 aromatic carbocycles. The molecule has 1 aromatic rings. The Morgan fingerprint density at radius 2 is 2.00 bits per heavy atom. The molecule has 0 saturated carbocycles. The molecule has 2 fully saturated rings. The molecule has 1 atom stereocenters. The highest BCUT2D eigenvalue weighted by Gasteiger charge is 2.38. The number of amides is 1. The molecule has 2 aliphatic rings. The van der Waals surface area contributed by atoms with Crippen molar-refractivity contribution < 1.29 is 14.3 Å². The van der Waals surface area contributed by atoms with Crippen molar-refractivity contribution in [2.75, 3.05) is 39.4 Å². The van der Waals surface area contributed by atoms with Crippen molar-refractivity contribution in [3.63, 3.8) is 0 Å². The molecule has 0 bridgehead atoms. The van der Waals surface area contributed by atoms with Gasteiger partial charge in [-0.15, -0.1) is 0 Å². The SMILES string of the molecule is O=C(C[C@@]1(COc2ccccc2)CNCCO1)N1CCCCC1. The number of nitrogens with one attached hydrogen (secondary N) is 1. The normalized spacial score (nSPS) is 25.1. The molecule has 0 unspecified atom stereocenters. The lowest BCUT2D eigenvalue weighted by Gasteiger charge is -2.38. The van der Waals surface area contributed by atoms with Crippen LogP contribution in [0, 0.1) is 0 Å². The molecule has 0 spiro atoms. The number of ether oxygens (including phenoxy) is 2. The maximum Gasteiger partial charge on any atom is 0.225 e. The molecule has 126 valence electrons. The summed E-state index contributed by atoms with van der Waals surface area (Å²) in [6, 6.07) is 9.70. The fourth-order valence-electron chi connectivity index (χ4n) is 3.23. The average molecular weight is 318 g/mol. The van der Waals surface area contributed by atoms with Gasteiger partial charge < -0.3 is 19.7 Å². The summed E-state index contributed by atoms with van der Waals surface area (Å²) in [6.45, 7) is 4.24. The maximum atomic E-state index is 12.6. The van der Waals surface area contributed by atoms with Crippen LogP contribution in [-0.2, 0) is 9.53 Å². The highest BCUT2D eigenvalue weighted by atomic mass is 16.5. The van der Waals surface area contributed by atoms with Gasteiger partial charge >= 0.3 is 0 Å². The average Bonchev–Trinajstić information content (AvgIpc) is 2.62. The summed E-state index contributed by atoms with van der Waals surface area (Å²) in [5.74, 6) is 0.997. The fraction of sp³-hybridized carbons (Fsp3) is 0.611. The van der Waals surface area contributed by atoms with Gasteiger partial charge in [0.15, 0.2) is 0 Å².